The number of nitrogen functional groups attached to an aromatic ring is 1. The topological polar surface area (TPSA) is 130 Å². The molecule has 0 saturated carbocycles. The highest BCUT2D eigenvalue weighted by Gasteiger charge is 2.19. The highest BCUT2D eigenvalue weighted by Crippen LogP contribution is 2.38. The van der Waals surface area contributed by atoms with E-state index in [0.717, 1.165) is 5.56 Å². The van der Waals surface area contributed by atoms with E-state index in [-0.39, 0.29) is 48.2 Å². The highest BCUT2D eigenvalue weighted by atomic mass is 79.9. The summed E-state index contributed by atoms with van der Waals surface area (Å²) in [5.41, 5.74) is 7.59. The molecule has 3 N–H and O–H groups in total. The van der Waals surface area contributed by atoms with Gasteiger partial charge in [-0.15, -0.1) is 0 Å². The second-order valence-electron chi connectivity index (χ2n) is 6.79. The minimum Gasteiger partial charge on any atom is -0.493 e. The van der Waals surface area contributed by atoms with E-state index >= 15 is 0 Å². The van der Waals surface area contributed by atoms with E-state index in [1.54, 1.807) is 30.3 Å². The van der Waals surface area contributed by atoms with E-state index in [2.05, 4.69) is 21.0 Å². The maximum atomic E-state index is 13.1. The zero-order valence-corrected chi connectivity index (χ0v) is 19.1. The van der Waals surface area contributed by atoms with E-state index in [1.807, 2.05) is 12.1 Å². The number of benzene rings is 2. The average Bonchev–Trinajstić information content (AvgIpc) is 3.12. The van der Waals surface area contributed by atoms with Gasteiger partial charge in [-0.05, 0) is 57.4 Å². The molecule has 0 atom stereocenters. The predicted octanol–water partition coefficient (Wildman–Crippen LogP) is 3.88. The van der Waals surface area contributed by atoms with Gasteiger partial charge in [0.15, 0.2) is 11.5 Å². The third-order valence-electron chi connectivity index (χ3n) is 4.65. The van der Waals surface area contributed by atoms with Crippen LogP contribution in [0.1, 0.15) is 22.4 Å². The molecule has 0 aliphatic carbocycles. The molecule has 10 heteroatoms. The molecule has 3 aromatic rings. The Morgan fingerprint density at radius 3 is 2.64 bits per heavy atom. The molecule has 0 amide bonds. The fourth-order valence-corrected chi connectivity index (χ4v) is 3.63. The number of ether oxygens (including phenoxy) is 2. The smallest absolute Gasteiger partial charge is 0.175 e. The summed E-state index contributed by atoms with van der Waals surface area (Å²) in [6, 6.07) is 13.4. The molecule has 3 rings (SSSR count). The van der Waals surface area contributed by atoms with Gasteiger partial charge in [-0.25, -0.2) is 9.07 Å². The SMILES string of the molecule is COc1cc(/C=C(\C#N)c2nn(CCO)c(N)c2C#N)cc(Br)c1OCc1ccc(F)cc1. The van der Waals surface area contributed by atoms with Crippen molar-refractivity contribution in [3.05, 3.63) is 69.1 Å². The Hall–Kier alpha value is -3.86. The largest absolute Gasteiger partial charge is 0.493 e. The average molecular weight is 512 g/mol. The Morgan fingerprint density at radius 2 is 2.03 bits per heavy atom. The van der Waals surface area contributed by atoms with Crippen LogP contribution < -0.4 is 15.2 Å². The first-order valence-corrected chi connectivity index (χ1v) is 10.4. The van der Waals surface area contributed by atoms with Gasteiger partial charge in [-0.1, -0.05) is 12.1 Å². The third-order valence-corrected chi connectivity index (χ3v) is 5.24. The highest BCUT2D eigenvalue weighted by molar-refractivity contribution is 9.10. The fourth-order valence-electron chi connectivity index (χ4n) is 3.06. The molecule has 0 aliphatic rings. The van der Waals surface area contributed by atoms with E-state index < -0.39 is 0 Å². The van der Waals surface area contributed by atoms with Crippen LogP contribution in [0.3, 0.4) is 0 Å². The van der Waals surface area contributed by atoms with Crippen molar-refractivity contribution in [2.24, 2.45) is 0 Å². The minimum atomic E-state index is -0.329. The Labute approximate surface area is 198 Å². The molecule has 0 saturated heterocycles. The van der Waals surface area contributed by atoms with Crippen LogP contribution >= 0.6 is 15.9 Å². The summed E-state index contributed by atoms with van der Waals surface area (Å²) in [6.45, 7) is 0.0744. The number of anilines is 1. The van der Waals surface area contributed by atoms with Gasteiger partial charge in [-0.2, -0.15) is 15.6 Å². The van der Waals surface area contributed by atoms with Crippen molar-refractivity contribution in [2.45, 2.75) is 13.2 Å². The van der Waals surface area contributed by atoms with Crippen LogP contribution in [-0.4, -0.2) is 28.6 Å². The van der Waals surface area contributed by atoms with Gasteiger partial charge in [0.25, 0.3) is 0 Å². The summed E-state index contributed by atoms with van der Waals surface area (Å²) in [5.74, 6) is 0.586. The van der Waals surface area contributed by atoms with Gasteiger partial charge in [0.2, 0.25) is 0 Å². The standard InChI is InChI=1S/C23H19BrFN5O3/c1-32-20-10-15(9-19(24)22(20)33-13-14-2-4-17(25)5-3-14)8-16(11-26)21-18(12-27)23(28)30(29-21)6-7-31/h2-5,8-10,31H,6-7,13,28H2,1H3/b16-8+. The van der Waals surface area contributed by atoms with Crippen LogP contribution in [0, 0.1) is 28.5 Å². The van der Waals surface area contributed by atoms with E-state index in [9.17, 15) is 14.9 Å². The Kier molecular flexibility index (Phi) is 7.67. The van der Waals surface area contributed by atoms with Gasteiger partial charge < -0.3 is 20.3 Å². The number of aliphatic hydroxyl groups is 1. The second-order valence-corrected chi connectivity index (χ2v) is 7.64. The van der Waals surface area contributed by atoms with Crippen molar-refractivity contribution in [3.8, 4) is 23.6 Å². The molecule has 0 radical (unpaired) electrons. The van der Waals surface area contributed by atoms with Crippen molar-refractivity contribution in [1.82, 2.24) is 9.78 Å². The van der Waals surface area contributed by atoms with Crippen LogP contribution in [-0.2, 0) is 13.2 Å². The van der Waals surface area contributed by atoms with Crippen molar-refractivity contribution in [2.75, 3.05) is 19.5 Å². The molecular formula is C23H19BrFN5O3. The first kappa shape index (κ1) is 23.8. The van der Waals surface area contributed by atoms with Crippen molar-refractivity contribution < 1.29 is 19.0 Å². The zero-order valence-electron chi connectivity index (χ0n) is 17.5. The summed E-state index contributed by atoms with van der Waals surface area (Å²) in [7, 11) is 1.48. The van der Waals surface area contributed by atoms with Crippen LogP contribution in [0.15, 0.2) is 40.9 Å². The van der Waals surface area contributed by atoms with Crippen LogP contribution in [0.5, 0.6) is 11.5 Å². The molecule has 1 aromatic heterocycles. The van der Waals surface area contributed by atoms with Gasteiger partial charge >= 0.3 is 0 Å². The predicted molar refractivity (Wildman–Crippen MR) is 123 cm³/mol. The van der Waals surface area contributed by atoms with Crippen LogP contribution in [0.2, 0.25) is 0 Å². The number of aliphatic hydroxyl groups excluding tert-OH is 1. The van der Waals surface area contributed by atoms with E-state index in [1.165, 1.54) is 23.9 Å². The Bertz CT molecular complexity index is 1270. The third kappa shape index (κ3) is 5.32. The zero-order chi connectivity index (χ0) is 24.0. The Balaban J connectivity index is 1.95. The van der Waals surface area contributed by atoms with Crippen LogP contribution in [0.4, 0.5) is 10.2 Å². The number of nitriles is 2. The number of allylic oxidation sites excluding steroid dienone is 1. The van der Waals surface area contributed by atoms with Crippen molar-refractivity contribution in [1.29, 1.82) is 10.5 Å². The molecule has 1 heterocycles. The summed E-state index contributed by atoms with van der Waals surface area (Å²) in [4.78, 5) is 0. The lowest BCUT2D eigenvalue weighted by molar-refractivity contribution is 0.270. The molecular weight excluding hydrogens is 493 g/mol. The Morgan fingerprint density at radius 1 is 1.30 bits per heavy atom. The number of rotatable bonds is 8. The summed E-state index contributed by atoms with van der Waals surface area (Å²) in [6.07, 6.45) is 1.54. The molecule has 0 unspecified atom stereocenters. The summed E-state index contributed by atoms with van der Waals surface area (Å²) < 4.78 is 26.3. The lowest BCUT2D eigenvalue weighted by atomic mass is 10.1. The molecule has 0 aliphatic heterocycles. The van der Waals surface area contributed by atoms with E-state index in [0.29, 0.717) is 21.5 Å². The lowest BCUT2D eigenvalue weighted by Crippen LogP contribution is -2.07. The number of hydrogen-bond acceptors (Lipinski definition) is 7. The molecule has 2 aromatic carbocycles. The summed E-state index contributed by atoms with van der Waals surface area (Å²) in [5, 5.41) is 32.6. The molecule has 0 fully saturated rings. The number of nitrogens with zero attached hydrogens (tertiary/aromatic N) is 4. The van der Waals surface area contributed by atoms with E-state index in [4.69, 9.17) is 20.3 Å². The van der Waals surface area contributed by atoms with Gasteiger partial charge in [0, 0.05) is 0 Å². The van der Waals surface area contributed by atoms with Gasteiger partial charge in [0.1, 0.15) is 41.6 Å². The maximum absolute atomic E-state index is 13.1. The molecule has 33 heavy (non-hydrogen) atoms. The van der Waals surface area contributed by atoms with Crippen molar-refractivity contribution >= 4 is 33.4 Å². The first-order valence-electron chi connectivity index (χ1n) is 9.66. The fraction of sp³-hybridized carbons (Fsp3) is 0.174. The monoisotopic (exact) mass is 511 g/mol. The van der Waals surface area contributed by atoms with Crippen molar-refractivity contribution in [3.63, 3.8) is 0 Å². The number of aromatic nitrogens is 2. The van der Waals surface area contributed by atoms with Gasteiger partial charge in [-0.3, -0.25) is 0 Å². The molecule has 0 spiro atoms. The lowest BCUT2D eigenvalue weighted by Gasteiger charge is -2.14. The molecule has 8 nitrogen and oxygen atoms in total. The number of hydrogen-bond donors (Lipinski definition) is 2. The second kappa shape index (κ2) is 10.6. The quantitative estimate of drug-likeness (QED) is 0.438. The molecule has 168 valence electrons. The maximum Gasteiger partial charge on any atom is 0.175 e. The minimum absolute atomic E-state index is 0.0570. The summed E-state index contributed by atoms with van der Waals surface area (Å²) >= 11 is 3.46. The van der Waals surface area contributed by atoms with Crippen LogP contribution in [0.25, 0.3) is 11.6 Å². The normalized spacial score (nSPS) is 11.0. The number of methoxy groups -OCH3 is 1. The molecule has 0 bridgehead atoms. The van der Waals surface area contributed by atoms with Gasteiger partial charge in [0.05, 0.1) is 30.3 Å². The number of nitrogens with two attached hydrogens (primary N) is 1. The number of halogens is 2. The first-order chi connectivity index (χ1) is 15.9.